The largest absolute Gasteiger partial charge is 0.457 e. The summed E-state index contributed by atoms with van der Waals surface area (Å²) in [6.45, 7) is 1.97. The zero-order valence-electron chi connectivity index (χ0n) is 20.8. The van der Waals surface area contributed by atoms with Gasteiger partial charge in [0, 0.05) is 23.6 Å². The third-order valence-corrected chi connectivity index (χ3v) is 5.63. The van der Waals surface area contributed by atoms with Crippen LogP contribution in [-0.2, 0) is 6.18 Å². The SMILES string of the molecule is Cc1ccc(/C=N/NC(=O)c2cc(Oc3ccc(NC(=O)Nc4ccc(Cl)c(C(F)(F)F)c4)cc3)ccn2)cc1. The Labute approximate surface area is 231 Å². The van der Waals surface area contributed by atoms with Gasteiger partial charge < -0.3 is 15.4 Å². The first kappa shape index (κ1) is 28.1. The number of amides is 3. The molecule has 4 aromatic rings. The number of hydrazone groups is 1. The van der Waals surface area contributed by atoms with Crippen LogP contribution in [0.5, 0.6) is 11.5 Å². The van der Waals surface area contributed by atoms with Crippen molar-refractivity contribution in [2.75, 3.05) is 10.6 Å². The number of nitrogens with zero attached hydrogens (tertiary/aromatic N) is 2. The minimum Gasteiger partial charge on any atom is -0.457 e. The van der Waals surface area contributed by atoms with E-state index in [-0.39, 0.29) is 11.4 Å². The molecule has 3 N–H and O–H groups in total. The van der Waals surface area contributed by atoms with E-state index in [4.69, 9.17) is 16.3 Å². The van der Waals surface area contributed by atoms with Crippen LogP contribution in [0.25, 0.3) is 0 Å². The van der Waals surface area contributed by atoms with Crippen molar-refractivity contribution in [2.45, 2.75) is 13.1 Å². The number of hydrogen-bond donors (Lipinski definition) is 3. The molecule has 12 heteroatoms. The van der Waals surface area contributed by atoms with Crippen LogP contribution in [0.1, 0.15) is 27.2 Å². The Bertz CT molecular complexity index is 1540. The number of halogens is 4. The lowest BCUT2D eigenvalue weighted by atomic mass is 10.2. The molecular weight excluding hydrogens is 547 g/mol. The van der Waals surface area contributed by atoms with Gasteiger partial charge in [-0.15, -0.1) is 0 Å². The molecule has 0 fully saturated rings. The van der Waals surface area contributed by atoms with E-state index in [0.717, 1.165) is 23.3 Å². The fraction of sp³-hybridized carbons (Fsp3) is 0.0714. The number of hydrogen-bond acceptors (Lipinski definition) is 5. The van der Waals surface area contributed by atoms with Gasteiger partial charge in [0.1, 0.15) is 17.2 Å². The number of pyridine rings is 1. The number of carbonyl (C=O) groups excluding carboxylic acids is 2. The molecule has 0 radical (unpaired) electrons. The molecule has 1 heterocycles. The normalized spacial score (nSPS) is 11.2. The number of benzene rings is 3. The molecule has 8 nitrogen and oxygen atoms in total. The van der Waals surface area contributed by atoms with E-state index in [1.807, 2.05) is 31.2 Å². The van der Waals surface area contributed by atoms with Gasteiger partial charge in [0.2, 0.25) is 0 Å². The lowest BCUT2D eigenvalue weighted by molar-refractivity contribution is -0.137. The topological polar surface area (TPSA) is 105 Å². The summed E-state index contributed by atoms with van der Waals surface area (Å²) in [5.74, 6) is 0.208. The highest BCUT2D eigenvalue weighted by Crippen LogP contribution is 2.36. The third-order valence-electron chi connectivity index (χ3n) is 5.30. The highest BCUT2D eigenvalue weighted by Gasteiger charge is 2.33. The highest BCUT2D eigenvalue weighted by atomic mass is 35.5. The molecule has 1 aromatic heterocycles. The van der Waals surface area contributed by atoms with E-state index < -0.39 is 28.7 Å². The first-order chi connectivity index (χ1) is 19.1. The van der Waals surface area contributed by atoms with Crippen LogP contribution in [0.3, 0.4) is 0 Å². The third kappa shape index (κ3) is 7.81. The van der Waals surface area contributed by atoms with Crippen LogP contribution in [0.4, 0.5) is 29.3 Å². The number of nitrogens with one attached hydrogen (secondary N) is 3. The molecule has 0 saturated heterocycles. The fourth-order valence-corrected chi connectivity index (χ4v) is 3.55. The summed E-state index contributed by atoms with van der Waals surface area (Å²) in [5, 5.41) is 8.32. The molecule has 0 aliphatic carbocycles. The van der Waals surface area contributed by atoms with E-state index in [2.05, 4.69) is 26.1 Å². The van der Waals surface area contributed by atoms with Crippen LogP contribution in [0.2, 0.25) is 5.02 Å². The van der Waals surface area contributed by atoms with Crippen LogP contribution in [0, 0.1) is 6.92 Å². The number of ether oxygens (including phenoxy) is 1. The van der Waals surface area contributed by atoms with E-state index >= 15 is 0 Å². The van der Waals surface area contributed by atoms with E-state index in [1.54, 1.807) is 18.2 Å². The quantitative estimate of drug-likeness (QED) is 0.161. The van der Waals surface area contributed by atoms with Gasteiger partial charge in [0.05, 0.1) is 16.8 Å². The van der Waals surface area contributed by atoms with Gasteiger partial charge in [0.25, 0.3) is 5.91 Å². The van der Waals surface area contributed by atoms with Crippen LogP contribution < -0.4 is 20.8 Å². The van der Waals surface area contributed by atoms with Crippen molar-refractivity contribution in [2.24, 2.45) is 5.10 Å². The molecule has 0 saturated carbocycles. The second-order valence-electron chi connectivity index (χ2n) is 8.38. The summed E-state index contributed by atoms with van der Waals surface area (Å²) in [7, 11) is 0. The Balaban J connectivity index is 1.32. The number of carbonyl (C=O) groups is 2. The van der Waals surface area contributed by atoms with E-state index in [1.165, 1.54) is 36.7 Å². The number of anilines is 2. The zero-order chi connectivity index (χ0) is 28.7. The minimum absolute atomic E-state index is 0.0763. The highest BCUT2D eigenvalue weighted by molar-refractivity contribution is 6.31. The maximum absolute atomic E-state index is 13.0. The molecule has 0 aliphatic rings. The zero-order valence-corrected chi connectivity index (χ0v) is 21.5. The maximum atomic E-state index is 13.0. The molecule has 40 heavy (non-hydrogen) atoms. The predicted octanol–water partition coefficient (Wildman–Crippen LogP) is 7.26. The average molecular weight is 568 g/mol. The van der Waals surface area contributed by atoms with Crippen LogP contribution >= 0.6 is 11.6 Å². The first-order valence-electron chi connectivity index (χ1n) is 11.7. The Hall–Kier alpha value is -4.90. The van der Waals surface area contributed by atoms with Crippen molar-refractivity contribution < 1.29 is 27.5 Å². The lowest BCUT2D eigenvalue weighted by Gasteiger charge is -2.12. The number of aryl methyl sites for hydroxylation is 1. The Morgan fingerprint density at radius 2 is 1.57 bits per heavy atom. The Morgan fingerprint density at radius 3 is 2.27 bits per heavy atom. The summed E-state index contributed by atoms with van der Waals surface area (Å²) in [4.78, 5) is 28.7. The standard InChI is InChI=1S/C28H21ClF3N5O3/c1-17-2-4-18(5-3-17)16-34-37-26(38)25-15-22(12-13-33-25)40-21-9-6-19(7-10-21)35-27(39)36-20-8-11-24(29)23(14-20)28(30,31)32/h2-16H,1H3,(H,37,38)(H2,35,36,39)/b34-16+. The van der Waals surface area contributed by atoms with Gasteiger partial charge in [-0.05, 0) is 61.0 Å². The van der Waals surface area contributed by atoms with Crippen molar-refractivity contribution in [3.63, 3.8) is 0 Å². The summed E-state index contributed by atoms with van der Waals surface area (Å²) >= 11 is 5.60. The summed E-state index contributed by atoms with van der Waals surface area (Å²) < 4.78 is 44.9. The van der Waals surface area contributed by atoms with Crippen molar-refractivity contribution in [3.8, 4) is 11.5 Å². The molecule has 4 rings (SSSR count). The summed E-state index contributed by atoms with van der Waals surface area (Å²) in [5.41, 5.74) is 3.66. The Morgan fingerprint density at radius 1 is 0.900 bits per heavy atom. The molecule has 0 aliphatic heterocycles. The van der Waals surface area contributed by atoms with Crippen LogP contribution in [-0.4, -0.2) is 23.1 Å². The summed E-state index contributed by atoms with van der Waals surface area (Å²) in [6.07, 6.45) is -1.73. The second kappa shape index (κ2) is 12.3. The molecular formula is C28H21ClF3N5O3. The number of rotatable bonds is 7. The van der Waals surface area contributed by atoms with Crippen molar-refractivity contribution in [1.82, 2.24) is 10.4 Å². The fourth-order valence-electron chi connectivity index (χ4n) is 3.33. The molecule has 0 bridgehead atoms. The monoisotopic (exact) mass is 567 g/mol. The Kier molecular flexibility index (Phi) is 8.65. The average Bonchev–Trinajstić information content (AvgIpc) is 2.91. The first-order valence-corrected chi connectivity index (χ1v) is 12.0. The number of aromatic nitrogens is 1. The molecule has 3 amide bonds. The maximum Gasteiger partial charge on any atom is 0.417 e. The summed E-state index contributed by atoms with van der Waals surface area (Å²) in [6, 6.07) is 19.1. The van der Waals surface area contributed by atoms with Gasteiger partial charge in [-0.1, -0.05) is 41.4 Å². The van der Waals surface area contributed by atoms with Gasteiger partial charge in [0.15, 0.2) is 0 Å². The van der Waals surface area contributed by atoms with E-state index in [9.17, 15) is 22.8 Å². The van der Waals surface area contributed by atoms with E-state index in [0.29, 0.717) is 17.2 Å². The van der Waals surface area contributed by atoms with Crippen molar-refractivity contribution in [1.29, 1.82) is 0 Å². The van der Waals surface area contributed by atoms with Gasteiger partial charge >= 0.3 is 12.2 Å². The van der Waals surface area contributed by atoms with Gasteiger partial charge in [-0.3, -0.25) is 9.78 Å². The minimum atomic E-state index is -4.66. The van der Waals surface area contributed by atoms with Gasteiger partial charge in [-0.25, -0.2) is 10.2 Å². The predicted molar refractivity (Wildman–Crippen MR) is 146 cm³/mol. The number of alkyl halides is 3. The van der Waals surface area contributed by atoms with Gasteiger partial charge in [-0.2, -0.15) is 18.3 Å². The molecule has 204 valence electrons. The molecule has 0 atom stereocenters. The second-order valence-corrected chi connectivity index (χ2v) is 8.79. The van der Waals surface area contributed by atoms with Crippen molar-refractivity contribution >= 4 is 41.1 Å². The molecule has 3 aromatic carbocycles. The van der Waals surface area contributed by atoms with Crippen molar-refractivity contribution in [3.05, 3.63) is 112 Å². The molecule has 0 unspecified atom stereocenters. The number of urea groups is 1. The smallest absolute Gasteiger partial charge is 0.417 e. The van der Waals surface area contributed by atoms with Crippen LogP contribution in [0.15, 0.2) is 90.2 Å². The molecule has 0 spiro atoms. The lowest BCUT2D eigenvalue weighted by Crippen LogP contribution is -2.19.